The lowest BCUT2D eigenvalue weighted by atomic mass is 10.1. The molecule has 6 heteroatoms. The number of benzene rings is 3. The molecule has 0 aliphatic rings. The van der Waals surface area contributed by atoms with Crippen LogP contribution in [0.1, 0.15) is 21.7 Å². The van der Waals surface area contributed by atoms with Crippen LogP contribution in [0.5, 0.6) is 0 Å². The van der Waals surface area contributed by atoms with Crippen LogP contribution in [0.2, 0.25) is 0 Å². The summed E-state index contributed by atoms with van der Waals surface area (Å²) in [5.74, 6) is -1.02. The van der Waals surface area contributed by atoms with E-state index in [1.807, 2.05) is 0 Å². The maximum atomic E-state index is 13.4. The van der Waals surface area contributed by atoms with E-state index in [-0.39, 0.29) is 11.1 Å². The van der Waals surface area contributed by atoms with Crippen LogP contribution in [-0.2, 0) is 0 Å². The van der Waals surface area contributed by atoms with Gasteiger partial charge in [0, 0.05) is 0 Å². The Morgan fingerprint density at radius 1 is 0.931 bits per heavy atom. The SMILES string of the molecule is O=C(O)c1ccc(/C=C/c2nc3ccccc3c(=O)n2-c2ccc(F)cc2)cc1. The zero-order chi connectivity index (χ0) is 20.4. The molecule has 4 rings (SSSR count). The van der Waals surface area contributed by atoms with Crippen molar-refractivity contribution < 1.29 is 14.3 Å². The number of aromatic nitrogens is 2. The summed E-state index contributed by atoms with van der Waals surface area (Å²) in [5, 5.41) is 9.46. The van der Waals surface area contributed by atoms with Gasteiger partial charge in [-0.15, -0.1) is 0 Å². The third kappa shape index (κ3) is 3.68. The van der Waals surface area contributed by atoms with Gasteiger partial charge >= 0.3 is 5.97 Å². The van der Waals surface area contributed by atoms with E-state index in [0.717, 1.165) is 5.56 Å². The quantitative estimate of drug-likeness (QED) is 0.565. The maximum absolute atomic E-state index is 13.4. The van der Waals surface area contributed by atoms with Gasteiger partial charge in [-0.2, -0.15) is 0 Å². The Kier molecular flexibility index (Phi) is 4.75. The molecule has 0 saturated heterocycles. The molecule has 5 nitrogen and oxygen atoms in total. The second-order valence-corrected chi connectivity index (χ2v) is 6.36. The first kappa shape index (κ1) is 18.3. The number of nitrogens with zero attached hydrogens (tertiary/aromatic N) is 2. The Morgan fingerprint density at radius 3 is 2.31 bits per heavy atom. The predicted molar refractivity (Wildman–Crippen MR) is 110 cm³/mol. The molecule has 0 atom stereocenters. The van der Waals surface area contributed by atoms with E-state index in [4.69, 9.17) is 5.11 Å². The molecule has 0 aliphatic carbocycles. The smallest absolute Gasteiger partial charge is 0.335 e. The van der Waals surface area contributed by atoms with Crippen molar-refractivity contribution in [2.75, 3.05) is 0 Å². The largest absolute Gasteiger partial charge is 0.478 e. The number of fused-ring (bicyclic) bond motifs is 1. The number of carboxylic acids is 1. The van der Waals surface area contributed by atoms with Gasteiger partial charge < -0.3 is 5.11 Å². The summed E-state index contributed by atoms with van der Waals surface area (Å²) < 4.78 is 14.8. The molecule has 1 N–H and O–H groups in total. The van der Waals surface area contributed by atoms with Gasteiger partial charge in [0.05, 0.1) is 22.2 Å². The summed E-state index contributed by atoms with van der Waals surface area (Å²) in [4.78, 5) is 28.7. The Morgan fingerprint density at radius 2 is 1.62 bits per heavy atom. The van der Waals surface area contributed by atoms with Crippen molar-refractivity contribution in [3.8, 4) is 5.69 Å². The van der Waals surface area contributed by atoms with E-state index < -0.39 is 11.8 Å². The Hall–Kier alpha value is -4.06. The van der Waals surface area contributed by atoms with Crippen molar-refractivity contribution in [2.45, 2.75) is 0 Å². The van der Waals surface area contributed by atoms with E-state index >= 15 is 0 Å². The molecule has 0 fully saturated rings. The second-order valence-electron chi connectivity index (χ2n) is 6.36. The monoisotopic (exact) mass is 386 g/mol. The van der Waals surface area contributed by atoms with E-state index in [1.165, 1.54) is 41.0 Å². The molecule has 0 bridgehead atoms. The summed E-state index contributed by atoms with van der Waals surface area (Å²) in [6.07, 6.45) is 3.41. The molecule has 0 amide bonds. The van der Waals surface area contributed by atoms with Crippen LogP contribution >= 0.6 is 0 Å². The third-order valence-electron chi connectivity index (χ3n) is 4.47. The van der Waals surface area contributed by atoms with Gasteiger partial charge in [0.1, 0.15) is 11.6 Å². The van der Waals surface area contributed by atoms with Crippen LogP contribution in [0.15, 0.2) is 77.6 Å². The molecule has 29 heavy (non-hydrogen) atoms. The number of halogens is 1. The summed E-state index contributed by atoms with van der Waals surface area (Å²) in [7, 11) is 0. The molecular formula is C23H15FN2O3. The topological polar surface area (TPSA) is 72.2 Å². The Labute approximate surface area is 165 Å². The highest BCUT2D eigenvalue weighted by Crippen LogP contribution is 2.16. The molecule has 0 saturated carbocycles. The molecule has 4 aromatic rings. The molecule has 0 aliphatic heterocycles. The van der Waals surface area contributed by atoms with E-state index in [9.17, 15) is 14.0 Å². The highest BCUT2D eigenvalue weighted by Gasteiger charge is 2.11. The number of aromatic carboxylic acids is 1. The summed E-state index contributed by atoms with van der Waals surface area (Å²) in [5.41, 5.74) is 1.73. The summed E-state index contributed by atoms with van der Waals surface area (Å²) >= 11 is 0. The number of rotatable bonds is 4. The lowest BCUT2D eigenvalue weighted by molar-refractivity contribution is 0.0697. The first-order chi connectivity index (χ1) is 14.0. The van der Waals surface area contributed by atoms with Crippen LogP contribution in [-0.4, -0.2) is 20.6 Å². The number of hydrogen-bond acceptors (Lipinski definition) is 3. The molecule has 142 valence electrons. The van der Waals surface area contributed by atoms with Crippen LogP contribution in [0.3, 0.4) is 0 Å². The average Bonchev–Trinajstić information content (AvgIpc) is 2.73. The highest BCUT2D eigenvalue weighted by molar-refractivity contribution is 5.88. The number of hydrogen-bond donors (Lipinski definition) is 1. The Balaban J connectivity index is 1.86. The van der Waals surface area contributed by atoms with Gasteiger partial charge in [-0.3, -0.25) is 9.36 Å². The number of carboxylic acid groups (broad SMARTS) is 1. The van der Waals surface area contributed by atoms with Crippen molar-refractivity contribution >= 4 is 29.0 Å². The predicted octanol–water partition coefficient (Wildman–Crippen LogP) is 4.39. The number of carbonyl (C=O) groups is 1. The molecule has 0 unspecified atom stereocenters. The van der Waals surface area contributed by atoms with Gasteiger partial charge in [-0.1, -0.05) is 30.3 Å². The molecule has 1 heterocycles. The van der Waals surface area contributed by atoms with Crippen molar-refractivity contribution in [1.82, 2.24) is 9.55 Å². The number of para-hydroxylation sites is 1. The van der Waals surface area contributed by atoms with Crippen LogP contribution in [0, 0.1) is 5.82 Å². The Bertz CT molecular complexity index is 1290. The van der Waals surface area contributed by atoms with E-state index in [2.05, 4.69) is 4.98 Å². The van der Waals surface area contributed by atoms with Crippen molar-refractivity contribution in [3.05, 3.63) is 106 Å². The van der Waals surface area contributed by atoms with Crippen molar-refractivity contribution in [2.24, 2.45) is 0 Å². The van der Waals surface area contributed by atoms with Gasteiger partial charge in [-0.05, 0) is 60.2 Å². The molecule has 0 spiro atoms. The minimum Gasteiger partial charge on any atom is -0.478 e. The molecule has 1 aromatic heterocycles. The summed E-state index contributed by atoms with van der Waals surface area (Å²) in [6.45, 7) is 0. The van der Waals surface area contributed by atoms with Gasteiger partial charge in [0.15, 0.2) is 0 Å². The van der Waals surface area contributed by atoms with Crippen LogP contribution in [0.4, 0.5) is 4.39 Å². The van der Waals surface area contributed by atoms with Crippen LogP contribution < -0.4 is 5.56 Å². The molecular weight excluding hydrogens is 371 g/mol. The normalized spacial score (nSPS) is 11.2. The fourth-order valence-electron chi connectivity index (χ4n) is 3.01. The van der Waals surface area contributed by atoms with Gasteiger partial charge in [0.25, 0.3) is 5.56 Å². The van der Waals surface area contributed by atoms with E-state index in [0.29, 0.717) is 22.4 Å². The third-order valence-corrected chi connectivity index (χ3v) is 4.47. The first-order valence-corrected chi connectivity index (χ1v) is 8.82. The summed E-state index contributed by atoms with van der Waals surface area (Å²) in [6, 6.07) is 19.0. The highest BCUT2D eigenvalue weighted by atomic mass is 19.1. The van der Waals surface area contributed by atoms with Crippen molar-refractivity contribution in [3.63, 3.8) is 0 Å². The molecule has 0 radical (unpaired) electrons. The lowest BCUT2D eigenvalue weighted by Crippen LogP contribution is -2.22. The zero-order valence-corrected chi connectivity index (χ0v) is 15.1. The van der Waals surface area contributed by atoms with Crippen LogP contribution in [0.25, 0.3) is 28.7 Å². The minimum absolute atomic E-state index is 0.189. The standard InChI is InChI=1S/C23H15FN2O3/c24-17-10-12-18(13-11-17)26-21(25-20-4-2-1-3-19(20)22(26)27)14-7-15-5-8-16(9-6-15)23(28)29/h1-14H,(H,28,29)/b14-7+. The maximum Gasteiger partial charge on any atom is 0.335 e. The van der Waals surface area contributed by atoms with Gasteiger partial charge in [0.2, 0.25) is 0 Å². The minimum atomic E-state index is -0.998. The average molecular weight is 386 g/mol. The first-order valence-electron chi connectivity index (χ1n) is 8.82. The lowest BCUT2D eigenvalue weighted by Gasteiger charge is -2.11. The van der Waals surface area contributed by atoms with E-state index in [1.54, 1.807) is 48.6 Å². The second kappa shape index (κ2) is 7.52. The zero-order valence-electron chi connectivity index (χ0n) is 15.1. The fraction of sp³-hybridized carbons (Fsp3) is 0. The molecule has 3 aromatic carbocycles. The fourth-order valence-corrected chi connectivity index (χ4v) is 3.01. The van der Waals surface area contributed by atoms with Gasteiger partial charge in [-0.25, -0.2) is 14.2 Å². The van der Waals surface area contributed by atoms with Crippen molar-refractivity contribution in [1.29, 1.82) is 0 Å².